The largest absolute Gasteiger partial charge is 0.504 e. The van der Waals surface area contributed by atoms with E-state index in [-0.39, 0.29) is 48.7 Å². The molecule has 0 spiro atoms. The number of nitrogens with zero attached hydrogens (tertiary/aromatic N) is 2. The molecule has 2 unspecified atom stereocenters. The standard InChI is InChI=1S/C24H24ClFN4O6/c1-27-30-10-16(23(33)34)21(31)15-7-18(26)20(22(32)19(15)30)29-9-14(17(25)11-29)8-28-24(35)36-12-13-5-3-2-4-6-13/h2-7,10,14,17,27,32H,8-9,11-12H2,1H3,(H,28,35)(H,33,34). The van der Waals surface area contributed by atoms with Crippen molar-refractivity contribution in [1.29, 1.82) is 0 Å². The maximum Gasteiger partial charge on any atom is 0.407 e. The number of hydrogen-bond donors (Lipinski definition) is 4. The number of hydrogen-bond acceptors (Lipinski definition) is 7. The van der Waals surface area contributed by atoms with E-state index in [9.17, 15) is 24.6 Å². The van der Waals surface area contributed by atoms with Gasteiger partial charge in [0.1, 0.15) is 23.4 Å². The first kappa shape index (κ1) is 25.1. The zero-order chi connectivity index (χ0) is 26.0. The molecule has 1 amide bonds. The van der Waals surface area contributed by atoms with E-state index in [2.05, 4.69) is 10.7 Å². The van der Waals surface area contributed by atoms with Gasteiger partial charge in [0.2, 0.25) is 5.43 Å². The van der Waals surface area contributed by atoms with Gasteiger partial charge in [-0.2, -0.15) is 0 Å². The molecule has 0 bridgehead atoms. The Kier molecular flexibility index (Phi) is 7.20. The Balaban J connectivity index is 1.52. The number of carbonyl (C=O) groups excluding carboxylic acids is 1. The van der Waals surface area contributed by atoms with E-state index in [1.807, 2.05) is 30.3 Å². The number of anilines is 1. The molecule has 36 heavy (non-hydrogen) atoms. The molecule has 10 nitrogen and oxygen atoms in total. The van der Waals surface area contributed by atoms with E-state index >= 15 is 4.39 Å². The molecule has 2 aromatic carbocycles. The fourth-order valence-corrected chi connectivity index (χ4v) is 4.59. The van der Waals surface area contributed by atoms with Gasteiger partial charge < -0.3 is 30.6 Å². The number of benzene rings is 2. The molecule has 4 rings (SSSR count). The van der Waals surface area contributed by atoms with Crippen LogP contribution < -0.4 is 21.1 Å². The van der Waals surface area contributed by atoms with E-state index in [0.717, 1.165) is 22.5 Å². The van der Waals surface area contributed by atoms with Gasteiger partial charge in [-0.05, 0) is 11.6 Å². The number of aromatic hydroxyl groups is 1. The summed E-state index contributed by atoms with van der Waals surface area (Å²) in [5, 5.41) is 22.1. The van der Waals surface area contributed by atoms with Gasteiger partial charge in [0.05, 0.1) is 10.8 Å². The Morgan fingerprint density at radius 3 is 2.64 bits per heavy atom. The van der Waals surface area contributed by atoms with Crippen molar-refractivity contribution >= 4 is 40.3 Å². The molecule has 0 aliphatic carbocycles. The minimum Gasteiger partial charge on any atom is -0.504 e. The third-order valence-electron chi connectivity index (χ3n) is 6.06. The van der Waals surface area contributed by atoms with Crippen molar-refractivity contribution in [2.45, 2.75) is 12.0 Å². The van der Waals surface area contributed by atoms with Gasteiger partial charge in [-0.15, -0.1) is 11.6 Å². The Hall–Kier alpha value is -3.99. The van der Waals surface area contributed by atoms with E-state index in [0.29, 0.717) is 0 Å². The van der Waals surface area contributed by atoms with Crippen LogP contribution in [0.1, 0.15) is 15.9 Å². The SMILES string of the molecule is CNn1cc(C(=O)O)c(=O)c2cc(F)c(N3CC(Cl)C(CNC(=O)OCc4ccccc4)C3)c(O)c21. The lowest BCUT2D eigenvalue weighted by molar-refractivity contribution is 0.0694. The Labute approximate surface area is 209 Å². The lowest BCUT2D eigenvalue weighted by atomic mass is 10.1. The van der Waals surface area contributed by atoms with Crippen molar-refractivity contribution < 1.29 is 28.9 Å². The van der Waals surface area contributed by atoms with Crippen LogP contribution >= 0.6 is 11.6 Å². The number of alkyl carbamates (subject to hydrolysis) is 1. The molecule has 1 aliphatic heterocycles. The topological polar surface area (TPSA) is 133 Å². The molecule has 1 fully saturated rings. The smallest absolute Gasteiger partial charge is 0.407 e. The second-order valence-electron chi connectivity index (χ2n) is 8.35. The number of halogens is 2. The number of fused-ring (bicyclic) bond motifs is 1. The maximum absolute atomic E-state index is 15.2. The zero-order valence-electron chi connectivity index (χ0n) is 19.2. The highest BCUT2D eigenvalue weighted by Gasteiger charge is 2.35. The number of alkyl halides is 1. The number of carbonyl (C=O) groups is 2. The summed E-state index contributed by atoms with van der Waals surface area (Å²) in [6.45, 7) is 0.651. The molecule has 1 aromatic heterocycles. The summed E-state index contributed by atoms with van der Waals surface area (Å²) in [5.41, 5.74) is 1.78. The van der Waals surface area contributed by atoms with Gasteiger partial charge in [0.15, 0.2) is 11.6 Å². The first-order valence-corrected chi connectivity index (χ1v) is 11.5. The number of amides is 1. The number of phenols is 1. The molecule has 3 aromatic rings. The quantitative estimate of drug-likeness (QED) is 0.351. The fraction of sp³-hybridized carbons (Fsp3) is 0.292. The highest BCUT2D eigenvalue weighted by molar-refractivity contribution is 6.21. The van der Waals surface area contributed by atoms with Crippen molar-refractivity contribution in [3.63, 3.8) is 0 Å². The highest BCUT2D eigenvalue weighted by atomic mass is 35.5. The second-order valence-corrected chi connectivity index (χ2v) is 8.91. The molecule has 1 aliphatic rings. The summed E-state index contributed by atoms with van der Waals surface area (Å²) in [4.78, 5) is 37.6. The van der Waals surface area contributed by atoms with Gasteiger partial charge in [-0.3, -0.25) is 9.47 Å². The van der Waals surface area contributed by atoms with E-state index in [1.165, 1.54) is 11.9 Å². The summed E-state index contributed by atoms with van der Waals surface area (Å²) in [5.74, 6) is -3.20. The van der Waals surface area contributed by atoms with Crippen molar-refractivity contribution in [2.24, 2.45) is 5.92 Å². The first-order chi connectivity index (χ1) is 17.2. The van der Waals surface area contributed by atoms with Crippen LogP contribution in [-0.4, -0.2) is 59.0 Å². The molecule has 190 valence electrons. The predicted octanol–water partition coefficient (Wildman–Crippen LogP) is 2.69. The lowest BCUT2D eigenvalue weighted by Crippen LogP contribution is -2.33. The van der Waals surface area contributed by atoms with Crippen molar-refractivity contribution in [3.8, 4) is 5.75 Å². The van der Waals surface area contributed by atoms with Crippen molar-refractivity contribution in [3.05, 3.63) is 69.8 Å². The monoisotopic (exact) mass is 518 g/mol. The molecule has 2 heterocycles. The number of nitrogens with one attached hydrogen (secondary N) is 2. The van der Waals surface area contributed by atoms with Crippen LogP contribution in [0.5, 0.6) is 5.75 Å². The van der Waals surface area contributed by atoms with E-state index in [4.69, 9.17) is 16.3 Å². The van der Waals surface area contributed by atoms with Crippen LogP contribution in [-0.2, 0) is 11.3 Å². The average molecular weight is 519 g/mol. The number of carboxylic acid groups (broad SMARTS) is 1. The molecule has 0 radical (unpaired) electrons. The molecule has 0 saturated carbocycles. The van der Waals surface area contributed by atoms with Gasteiger partial charge in [0, 0.05) is 38.8 Å². The fourth-order valence-electron chi connectivity index (χ4n) is 4.26. The molecular weight excluding hydrogens is 495 g/mol. The summed E-state index contributed by atoms with van der Waals surface area (Å²) < 4.78 is 21.5. The molecule has 1 saturated heterocycles. The maximum atomic E-state index is 15.2. The predicted molar refractivity (Wildman–Crippen MR) is 132 cm³/mol. The number of aromatic nitrogens is 1. The third kappa shape index (κ3) is 4.87. The minimum atomic E-state index is -1.47. The average Bonchev–Trinajstić information content (AvgIpc) is 3.22. The normalized spacial score (nSPS) is 17.2. The lowest BCUT2D eigenvalue weighted by Gasteiger charge is -2.23. The zero-order valence-corrected chi connectivity index (χ0v) is 20.0. The summed E-state index contributed by atoms with van der Waals surface area (Å²) in [7, 11) is 1.46. The van der Waals surface area contributed by atoms with Gasteiger partial charge in [-0.1, -0.05) is 30.3 Å². The van der Waals surface area contributed by atoms with Crippen LogP contribution in [0.15, 0.2) is 47.4 Å². The Morgan fingerprint density at radius 1 is 1.25 bits per heavy atom. The van der Waals surface area contributed by atoms with Crippen LogP contribution in [0, 0.1) is 11.7 Å². The molecule has 4 N–H and O–H groups in total. The van der Waals surface area contributed by atoms with Crippen LogP contribution in [0.2, 0.25) is 0 Å². The number of rotatable bonds is 7. The number of aromatic carboxylic acids is 1. The van der Waals surface area contributed by atoms with Gasteiger partial charge in [0.25, 0.3) is 0 Å². The summed E-state index contributed by atoms with van der Waals surface area (Å²) in [6.07, 6.45) is 0.407. The molecule has 2 atom stereocenters. The van der Waals surface area contributed by atoms with Crippen LogP contribution in [0.4, 0.5) is 14.9 Å². The van der Waals surface area contributed by atoms with Gasteiger partial charge >= 0.3 is 12.1 Å². The first-order valence-electron chi connectivity index (χ1n) is 11.1. The number of ether oxygens (including phenoxy) is 1. The van der Waals surface area contributed by atoms with Crippen LogP contribution in [0.25, 0.3) is 10.9 Å². The summed E-state index contributed by atoms with van der Waals surface area (Å²) >= 11 is 6.47. The Morgan fingerprint density at radius 2 is 1.97 bits per heavy atom. The van der Waals surface area contributed by atoms with E-state index < -0.39 is 40.0 Å². The summed E-state index contributed by atoms with van der Waals surface area (Å²) in [6, 6.07) is 10.1. The van der Waals surface area contributed by atoms with Crippen molar-refractivity contribution in [2.75, 3.05) is 37.0 Å². The van der Waals surface area contributed by atoms with Gasteiger partial charge in [-0.25, -0.2) is 14.0 Å². The number of pyridine rings is 1. The van der Waals surface area contributed by atoms with Crippen molar-refractivity contribution in [1.82, 2.24) is 9.99 Å². The minimum absolute atomic E-state index is 0.0684. The molecule has 12 heteroatoms. The number of phenolic OH excluding ortho intramolecular Hbond substituents is 1. The molecular formula is C24H24ClFN4O6. The van der Waals surface area contributed by atoms with Crippen LogP contribution in [0.3, 0.4) is 0 Å². The highest BCUT2D eigenvalue weighted by Crippen LogP contribution is 2.40. The third-order valence-corrected chi connectivity index (χ3v) is 6.55. The number of carboxylic acids is 1. The van der Waals surface area contributed by atoms with E-state index in [1.54, 1.807) is 0 Å². The Bertz CT molecular complexity index is 1370. The second kappa shape index (κ2) is 10.3.